The highest BCUT2D eigenvalue weighted by Gasteiger charge is 2.37. The van der Waals surface area contributed by atoms with E-state index in [4.69, 9.17) is 4.65 Å². The van der Waals surface area contributed by atoms with Gasteiger partial charge in [0, 0.05) is 39.1 Å². The van der Waals surface area contributed by atoms with Crippen LogP contribution in [0.25, 0.3) is 0 Å². The number of fused-ring (bicyclic) bond motifs is 1. The van der Waals surface area contributed by atoms with Crippen molar-refractivity contribution in [3.05, 3.63) is 29.3 Å². The van der Waals surface area contributed by atoms with Gasteiger partial charge in [0.1, 0.15) is 5.75 Å². The quantitative estimate of drug-likeness (QED) is 0.512. The molecule has 2 aliphatic rings. The number of nitrogens with zero attached hydrogens (tertiary/aromatic N) is 1. The van der Waals surface area contributed by atoms with Gasteiger partial charge in [0.25, 0.3) is 0 Å². The molecule has 0 aliphatic carbocycles. The first-order valence-electron chi connectivity index (χ1n) is 8.47. The molecule has 2 aliphatic heterocycles. The molecule has 1 saturated heterocycles. The SMILES string of the molecule is O=C(CCN1CCNCC1)N[C@H]1Cc2cccc(C(=O)O)c2OB1O. The summed E-state index contributed by atoms with van der Waals surface area (Å²) < 4.78 is 5.37. The fraction of sp³-hybridized carbons (Fsp3) is 0.500. The monoisotopic (exact) mass is 347 g/mol. The lowest BCUT2D eigenvalue weighted by atomic mass is 9.72. The van der Waals surface area contributed by atoms with Crippen molar-refractivity contribution in [2.45, 2.75) is 18.8 Å². The van der Waals surface area contributed by atoms with Gasteiger partial charge in [-0.3, -0.25) is 4.79 Å². The zero-order valence-electron chi connectivity index (χ0n) is 13.9. The molecule has 1 amide bonds. The number of piperazine rings is 1. The van der Waals surface area contributed by atoms with E-state index >= 15 is 0 Å². The minimum atomic E-state index is -1.27. The Kier molecular flexibility index (Phi) is 5.57. The Labute approximate surface area is 146 Å². The first-order valence-corrected chi connectivity index (χ1v) is 8.47. The number of para-hydroxylation sites is 1. The first kappa shape index (κ1) is 17.7. The van der Waals surface area contributed by atoms with Crippen molar-refractivity contribution in [1.29, 1.82) is 0 Å². The minimum absolute atomic E-state index is 0.0139. The van der Waals surface area contributed by atoms with E-state index in [9.17, 15) is 19.7 Å². The Morgan fingerprint density at radius 3 is 2.84 bits per heavy atom. The summed E-state index contributed by atoms with van der Waals surface area (Å²) in [5.41, 5.74) is 0.678. The number of hydrogen-bond acceptors (Lipinski definition) is 6. The lowest BCUT2D eigenvalue weighted by Crippen LogP contribution is -2.53. The van der Waals surface area contributed by atoms with Crippen LogP contribution in [0.3, 0.4) is 0 Å². The smallest absolute Gasteiger partial charge is 0.534 e. The van der Waals surface area contributed by atoms with E-state index in [1.807, 2.05) is 0 Å². The number of nitrogens with one attached hydrogen (secondary N) is 2. The summed E-state index contributed by atoms with van der Waals surface area (Å²) in [4.78, 5) is 25.6. The number of carboxylic acid groups (broad SMARTS) is 1. The molecule has 25 heavy (non-hydrogen) atoms. The van der Waals surface area contributed by atoms with Crippen LogP contribution in [0.15, 0.2) is 18.2 Å². The van der Waals surface area contributed by atoms with E-state index in [2.05, 4.69) is 15.5 Å². The maximum atomic E-state index is 12.2. The molecule has 2 heterocycles. The summed E-state index contributed by atoms with van der Waals surface area (Å²) in [6.45, 7) is 4.39. The van der Waals surface area contributed by atoms with E-state index in [-0.39, 0.29) is 17.2 Å². The molecular formula is C16H22BN3O5. The molecule has 9 heteroatoms. The van der Waals surface area contributed by atoms with E-state index in [1.165, 1.54) is 6.07 Å². The van der Waals surface area contributed by atoms with Gasteiger partial charge >= 0.3 is 13.1 Å². The van der Waals surface area contributed by atoms with E-state index in [0.29, 0.717) is 24.9 Å². The standard InChI is InChI=1S/C16H22BN3O5/c21-14(4-7-20-8-5-18-6-9-20)19-13-10-11-2-1-3-12(16(22)23)15(11)25-17(13)24/h1-3,13,18,24H,4-10H2,(H,19,21)(H,22,23)/t13-/m0/s1. The average Bonchev–Trinajstić information content (AvgIpc) is 2.61. The molecule has 0 saturated carbocycles. The van der Waals surface area contributed by atoms with Gasteiger partial charge < -0.3 is 30.3 Å². The van der Waals surface area contributed by atoms with Crippen LogP contribution in [0.4, 0.5) is 0 Å². The maximum absolute atomic E-state index is 12.2. The molecule has 4 N–H and O–H groups in total. The largest absolute Gasteiger partial charge is 0.547 e. The molecule has 0 bridgehead atoms. The topological polar surface area (TPSA) is 111 Å². The van der Waals surface area contributed by atoms with Gasteiger partial charge in [-0.05, 0) is 18.1 Å². The predicted octanol–water partition coefficient (Wildman–Crippen LogP) is -0.880. The lowest BCUT2D eigenvalue weighted by Gasteiger charge is -2.30. The Balaban J connectivity index is 1.57. The Morgan fingerprint density at radius 1 is 1.36 bits per heavy atom. The van der Waals surface area contributed by atoms with Crippen LogP contribution in [-0.4, -0.2) is 72.7 Å². The summed E-state index contributed by atoms with van der Waals surface area (Å²) in [5.74, 6) is -1.67. The number of hydrogen-bond donors (Lipinski definition) is 4. The molecule has 0 radical (unpaired) electrons. The van der Waals surface area contributed by atoms with Crippen molar-refractivity contribution in [3.8, 4) is 5.75 Å². The number of carbonyl (C=O) groups excluding carboxylic acids is 1. The second-order valence-corrected chi connectivity index (χ2v) is 6.33. The van der Waals surface area contributed by atoms with Crippen molar-refractivity contribution in [1.82, 2.24) is 15.5 Å². The van der Waals surface area contributed by atoms with E-state index in [0.717, 1.165) is 26.2 Å². The zero-order chi connectivity index (χ0) is 17.8. The summed E-state index contributed by atoms with van der Waals surface area (Å²) in [6.07, 6.45) is 0.683. The number of benzene rings is 1. The van der Waals surface area contributed by atoms with Crippen molar-refractivity contribution in [2.24, 2.45) is 0 Å². The van der Waals surface area contributed by atoms with Gasteiger partial charge in [0.2, 0.25) is 5.91 Å². The minimum Gasteiger partial charge on any atom is -0.534 e. The highest BCUT2D eigenvalue weighted by molar-refractivity contribution is 6.47. The fourth-order valence-electron chi connectivity index (χ4n) is 3.19. The molecule has 1 aromatic rings. The fourth-order valence-corrected chi connectivity index (χ4v) is 3.19. The number of amides is 1. The summed E-state index contributed by atoms with van der Waals surface area (Å²) in [5, 5.41) is 25.4. The van der Waals surface area contributed by atoms with Gasteiger partial charge in [-0.15, -0.1) is 0 Å². The van der Waals surface area contributed by atoms with Crippen LogP contribution < -0.4 is 15.3 Å². The molecule has 134 valence electrons. The van der Waals surface area contributed by atoms with E-state index in [1.54, 1.807) is 12.1 Å². The van der Waals surface area contributed by atoms with Gasteiger partial charge in [-0.25, -0.2) is 4.79 Å². The van der Waals surface area contributed by atoms with Gasteiger partial charge in [-0.1, -0.05) is 12.1 Å². The molecule has 0 aromatic heterocycles. The average molecular weight is 347 g/mol. The van der Waals surface area contributed by atoms with Crippen LogP contribution in [0, 0.1) is 0 Å². The molecule has 1 aromatic carbocycles. The van der Waals surface area contributed by atoms with Gasteiger partial charge in [0.05, 0.1) is 11.5 Å². The van der Waals surface area contributed by atoms with Crippen molar-refractivity contribution in [3.63, 3.8) is 0 Å². The van der Waals surface area contributed by atoms with Crippen LogP contribution in [-0.2, 0) is 11.2 Å². The molecule has 1 fully saturated rings. The number of aromatic carboxylic acids is 1. The van der Waals surface area contributed by atoms with E-state index < -0.39 is 19.0 Å². The molecule has 8 nitrogen and oxygen atoms in total. The molecular weight excluding hydrogens is 325 g/mol. The zero-order valence-corrected chi connectivity index (χ0v) is 13.9. The third kappa shape index (κ3) is 4.30. The van der Waals surface area contributed by atoms with Gasteiger partial charge in [-0.2, -0.15) is 0 Å². The summed E-state index contributed by atoms with van der Waals surface area (Å²) in [7, 11) is -1.27. The van der Waals surface area contributed by atoms with Crippen LogP contribution in [0.2, 0.25) is 0 Å². The Morgan fingerprint density at radius 2 is 2.12 bits per heavy atom. The molecule has 3 rings (SSSR count). The number of rotatable bonds is 5. The normalized spacial score (nSPS) is 20.5. The van der Waals surface area contributed by atoms with Crippen molar-refractivity contribution < 1.29 is 24.4 Å². The summed E-state index contributed by atoms with van der Waals surface area (Å²) in [6, 6.07) is 4.81. The Hall–Kier alpha value is -2.10. The lowest BCUT2D eigenvalue weighted by molar-refractivity contribution is -0.121. The third-order valence-electron chi connectivity index (χ3n) is 4.56. The highest BCUT2D eigenvalue weighted by atomic mass is 16.5. The number of carboxylic acids is 1. The Bertz CT molecular complexity index is 651. The second-order valence-electron chi connectivity index (χ2n) is 6.33. The van der Waals surface area contributed by atoms with Crippen LogP contribution >= 0.6 is 0 Å². The molecule has 0 spiro atoms. The first-order chi connectivity index (χ1) is 12.0. The second kappa shape index (κ2) is 7.86. The summed E-state index contributed by atoms with van der Waals surface area (Å²) >= 11 is 0. The van der Waals surface area contributed by atoms with Crippen LogP contribution in [0.1, 0.15) is 22.3 Å². The third-order valence-corrected chi connectivity index (χ3v) is 4.56. The van der Waals surface area contributed by atoms with Gasteiger partial charge in [0.15, 0.2) is 0 Å². The molecule has 1 atom stereocenters. The maximum Gasteiger partial charge on any atom is 0.547 e. The molecule has 0 unspecified atom stereocenters. The van der Waals surface area contributed by atoms with Crippen molar-refractivity contribution in [2.75, 3.05) is 32.7 Å². The highest BCUT2D eigenvalue weighted by Crippen LogP contribution is 2.30. The predicted molar refractivity (Wildman–Crippen MR) is 91.6 cm³/mol. The number of carbonyl (C=O) groups is 2. The van der Waals surface area contributed by atoms with Crippen LogP contribution in [0.5, 0.6) is 5.75 Å². The van der Waals surface area contributed by atoms with Crippen molar-refractivity contribution >= 4 is 19.0 Å².